The van der Waals surface area contributed by atoms with Gasteiger partial charge in [-0.15, -0.1) is 0 Å². The lowest BCUT2D eigenvalue weighted by Crippen LogP contribution is -2.35. The molecule has 0 radical (unpaired) electrons. The van der Waals surface area contributed by atoms with Crippen molar-refractivity contribution in [2.75, 3.05) is 13.2 Å². The molecule has 2 unspecified atom stereocenters. The minimum Gasteiger partial charge on any atom is -0.371 e. The van der Waals surface area contributed by atoms with Crippen molar-refractivity contribution in [3.8, 4) is 0 Å². The second kappa shape index (κ2) is 3.70. The van der Waals surface area contributed by atoms with Crippen molar-refractivity contribution in [1.29, 1.82) is 0 Å². The Hall–Kier alpha value is 0.110. The smallest absolute Gasteiger partial charge is 0.136 e. The number of fused-ring (bicyclic) bond motifs is 1. The summed E-state index contributed by atoms with van der Waals surface area (Å²) >= 11 is 4.25. The van der Waals surface area contributed by atoms with Crippen molar-refractivity contribution in [2.45, 2.75) is 23.6 Å². The Morgan fingerprint density at radius 2 is 1.92 bits per heavy atom. The molecule has 76 valence electrons. The molecule has 2 fully saturated rings. The van der Waals surface area contributed by atoms with Crippen LogP contribution in [0.2, 0.25) is 0 Å². The van der Waals surface area contributed by atoms with Crippen molar-refractivity contribution < 1.29 is 24.7 Å². The summed E-state index contributed by atoms with van der Waals surface area (Å²) in [5.74, 6) is 0. The molecule has 0 bridgehead atoms. The molecule has 0 aromatic heterocycles. The van der Waals surface area contributed by atoms with Crippen molar-refractivity contribution in [3.05, 3.63) is 0 Å². The van der Waals surface area contributed by atoms with Gasteiger partial charge in [0.1, 0.15) is 18.3 Å². The van der Waals surface area contributed by atoms with E-state index in [1.165, 1.54) is 0 Å². The maximum Gasteiger partial charge on any atom is 0.136 e. The molecule has 0 aromatic rings. The predicted molar refractivity (Wildman–Crippen MR) is 42.5 cm³/mol. The fraction of sp³-hybridized carbons (Fsp3) is 1.00. The van der Waals surface area contributed by atoms with Gasteiger partial charge in [0.2, 0.25) is 0 Å². The van der Waals surface area contributed by atoms with Crippen molar-refractivity contribution in [3.63, 3.8) is 0 Å². The second-order valence-electron chi connectivity index (χ2n) is 3.06. The summed E-state index contributed by atoms with van der Waals surface area (Å²) in [6, 6.07) is 0. The highest BCUT2D eigenvalue weighted by atomic mass is 32.1. The van der Waals surface area contributed by atoms with E-state index in [1.807, 2.05) is 0 Å². The van der Waals surface area contributed by atoms with Crippen LogP contribution in [-0.2, 0) is 14.3 Å². The number of thiol groups is 1. The standard InChI is InChI=1S/C6H11NO5S/c8-7(9)12-3-1-10-6-4(13)2-11-5(3)6/h3-6,8-9,13H,1-2H2/t3-,4-,5?,6?/m1/s1. The van der Waals surface area contributed by atoms with Crippen LogP contribution in [0.3, 0.4) is 0 Å². The third kappa shape index (κ3) is 1.82. The Morgan fingerprint density at radius 1 is 1.23 bits per heavy atom. The quantitative estimate of drug-likeness (QED) is 0.419. The number of ether oxygens (including phenoxy) is 2. The first-order valence-electron chi connectivity index (χ1n) is 3.94. The van der Waals surface area contributed by atoms with E-state index in [1.54, 1.807) is 0 Å². The van der Waals surface area contributed by atoms with E-state index in [-0.39, 0.29) is 29.5 Å². The molecule has 4 atom stereocenters. The van der Waals surface area contributed by atoms with E-state index in [9.17, 15) is 0 Å². The van der Waals surface area contributed by atoms with Gasteiger partial charge in [0, 0.05) is 0 Å². The van der Waals surface area contributed by atoms with Crippen LogP contribution in [0.5, 0.6) is 0 Å². The van der Waals surface area contributed by atoms with Gasteiger partial charge in [0.15, 0.2) is 0 Å². The van der Waals surface area contributed by atoms with Crippen LogP contribution in [0.4, 0.5) is 0 Å². The van der Waals surface area contributed by atoms with Crippen LogP contribution < -0.4 is 0 Å². The minimum atomic E-state index is -0.475. The lowest BCUT2D eigenvalue weighted by Gasteiger charge is -2.16. The first-order valence-corrected chi connectivity index (χ1v) is 4.46. The van der Waals surface area contributed by atoms with Gasteiger partial charge in [-0.1, -0.05) is 0 Å². The average Bonchev–Trinajstić information content (AvgIpc) is 2.56. The molecule has 2 N–H and O–H groups in total. The number of hydrogen-bond acceptors (Lipinski definition) is 7. The van der Waals surface area contributed by atoms with Crippen molar-refractivity contribution in [2.24, 2.45) is 0 Å². The molecule has 0 spiro atoms. The van der Waals surface area contributed by atoms with Crippen LogP contribution in [0.1, 0.15) is 0 Å². The fourth-order valence-electron chi connectivity index (χ4n) is 1.66. The SMILES string of the molecule is ON(O)O[C@@H]1COC2C1OC[C@H]2S. The fourth-order valence-corrected chi connectivity index (χ4v) is 2.00. The lowest BCUT2D eigenvalue weighted by atomic mass is 10.1. The van der Waals surface area contributed by atoms with Gasteiger partial charge in [-0.2, -0.15) is 12.6 Å². The summed E-state index contributed by atoms with van der Waals surface area (Å²) in [6.07, 6.45) is -0.852. The molecule has 0 aromatic carbocycles. The Balaban J connectivity index is 1.94. The number of nitrogens with zero attached hydrogens (tertiary/aromatic N) is 1. The van der Waals surface area contributed by atoms with Crippen LogP contribution in [0, 0.1) is 0 Å². The minimum absolute atomic E-state index is 0.0319. The Kier molecular flexibility index (Phi) is 2.75. The van der Waals surface area contributed by atoms with E-state index in [0.29, 0.717) is 6.61 Å². The van der Waals surface area contributed by atoms with Gasteiger partial charge in [0.25, 0.3) is 0 Å². The summed E-state index contributed by atoms with van der Waals surface area (Å²) < 4.78 is 10.7. The first kappa shape index (κ1) is 9.66. The molecule has 0 amide bonds. The van der Waals surface area contributed by atoms with Crippen molar-refractivity contribution in [1.82, 2.24) is 5.39 Å². The molecule has 0 aliphatic carbocycles. The van der Waals surface area contributed by atoms with Crippen molar-refractivity contribution >= 4 is 12.6 Å². The molecule has 7 heteroatoms. The number of rotatable bonds is 2. The average molecular weight is 209 g/mol. The van der Waals surface area contributed by atoms with Gasteiger partial charge in [-0.3, -0.25) is 10.4 Å². The van der Waals surface area contributed by atoms with E-state index in [2.05, 4.69) is 17.5 Å². The summed E-state index contributed by atoms with van der Waals surface area (Å²) in [5, 5.41) is 16.6. The van der Waals surface area contributed by atoms with E-state index < -0.39 is 6.10 Å². The van der Waals surface area contributed by atoms with Crippen LogP contribution in [-0.4, -0.2) is 52.6 Å². The van der Waals surface area contributed by atoms with Gasteiger partial charge < -0.3 is 9.47 Å². The summed E-state index contributed by atoms with van der Waals surface area (Å²) in [5.41, 5.74) is 0. The van der Waals surface area contributed by atoms with Gasteiger partial charge in [-0.05, 0) is 0 Å². The highest BCUT2D eigenvalue weighted by Gasteiger charge is 2.47. The first-order chi connectivity index (χ1) is 6.18. The zero-order valence-corrected chi connectivity index (χ0v) is 7.63. The Bertz CT molecular complexity index is 192. The topological polar surface area (TPSA) is 71.4 Å². The maximum absolute atomic E-state index is 8.44. The molecule has 2 aliphatic heterocycles. The van der Waals surface area contributed by atoms with E-state index >= 15 is 0 Å². The zero-order valence-electron chi connectivity index (χ0n) is 6.74. The molecule has 2 rings (SSSR count). The Morgan fingerprint density at radius 3 is 2.62 bits per heavy atom. The summed E-state index contributed by atoms with van der Waals surface area (Å²) in [7, 11) is 0. The third-order valence-electron chi connectivity index (χ3n) is 2.21. The molecule has 2 heterocycles. The van der Waals surface area contributed by atoms with Gasteiger partial charge in [-0.25, -0.2) is 4.84 Å². The zero-order chi connectivity index (χ0) is 9.42. The van der Waals surface area contributed by atoms with Gasteiger partial charge >= 0.3 is 0 Å². The molecular formula is C6H11NO5S. The Labute approximate surface area is 80.3 Å². The largest absolute Gasteiger partial charge is 0.371 e. The lowest BCUT2D eigenvalue weighted by molar-refractivity contribution is -0.507. The normalized spacial score (nSPS) is 44.3. The van der Waals surface area contributed by atoms with Crippen LogP contribution in [0.25, 0.3) is 0 Å². The van der Waals surface area contributed by atoms with Gasteiger partial charge in [0.05, 0.1) is 23.9 Å². The molecule has 2 aliphatic rings. The predicted octanol–water partition coefficient (Wildman–Crippen LogP) is -0.537. The number of hydrogen-bond donors (Lipinski definition) is 3. The maximum atomic E-state index is 8.44. The van der Waals surface area contributed by atoms with E-state index in [0.717, 1.165) is 0 Å². The third-order valence-corrected chi connectivity index (χ3v) is 2.65. The molecule has 13 heavy (non-hydrogen) atoms. The summed E-state index contributed by atoms with van der Waals surface area (Å²) in [4.78, 5) is 4.63. The van der Waals surface area contributed by atoms with Crippen LogP contribution >= 0.6 is 12.6 Å². The molecule has 6 nitrogen and oxygen atoms in total. The molecular weight excluding hydrogens is 198 g/mol. The monoisotopic (exact) mass is 209 g/mol. The highest BCUT2D eigenvalue weighted by Crippen LogP contribution is 2.31. The highest BCUT2D eigenvalue weighted by molar-refractivity contribution is 7.81. The van der Waals surface area contributed by atoms with Crippen LogP contribution in [0.15, 0.2) is 0 Å². The second-order valence-corrected chi connectivity index (χ2v) is 3.72. The summed E-state index contributed by atoms with van der Waals surface area (Å²) in [6.45, 7) is 0.777. The molecule has 2 saturated heterocycles. The van der Waals surface area contributed by atoms with E-state index in [4.69, 9.17) is 19.9 Å². The molecule has 0 saturated carbocycles.